The minimum absolute atomic E-state index is 0.0203. The van der Waals surface area contributed by atoms with Crippen molar-refractivity contribution in [3.63, 3.8) is 0 Å². The molecule has 5 heteroatoms. The normalized spacial score (nSPS) is 10.3. The van der Waals surface area contributed by atoms with Gasteiger partial charge in [0.25, 0.3) is 0 Å². The Morgan fingerprint density at radius 1 is 1.23 bits per heavy atom. The number of hydrogen-bond acceptors (Lipinski definition) is 4. The van der Waals surface area contributed by atoms with Crippen LogP contribution in [0.25, 0.3) is 0 Å². The van der Waals surface area contributed by atoms with Gasteiger partial charge in [0.05, 0.1) is 14.2 Å². The second-order valence-corrected chi connectivity index (χ2v) is 6.04. The molecule has 0 spiro atoms. The smallest absolute Gasteiger partial charge is 0.224 e. The van der Waals surface area contributed by atoms with Gasteiger partial charge < -0.3 is 14.8 Å². The third kappa shape index (κ3) is 4.24. The van der Waals surface area contributed by atoms with Gasteiger partial charge in [-0.25, -0.2) is 0 Å². The van der Waals surface area contributed by atoms with Gasteiger partial charge in [-0.1, -0.05) is 6.07 Å². The van der Waals surface area contributed by atoms with Crippen molar-refractivity contribution >= 4 is 22.9 Å². The van der Waals surface area contributed by atoms with Crippen molar-refractivity contribution in [3.05, 3.63) is 40.1 Å². The van der Waals surface area contributed by atoms with Crippen LogP contribution >= 0.6 is 11.3 Å². The topological polar surface area (TPSA) is 47.6 Å². The number of carbonyl (C=O) groups is 1. The van der Waals surface area contributed by atoms with Crippen molar-refractivity contribution in [1.82, 2.24) is 0 Å². The van der Waals surface area contributed by atoms with Crippen LogP contribution in [0.1, 0.15) is 23.3 Å². The van der Waals surface area contributed by atoms with E-state index in [-0.39, 0.29) is 5.91 Å². The Labute approximate surface area is 135 Å². The Balaban J connectivity index is 1.93. The van der Waals surface area contributed by atoms with Gasteiger partial charge in [-0.2, -0.15) is 0 Å². The third-order valence-corrected chi connectivity index (χ3v) is 4.35. The Morgan fingerprint density at radius 3 is 2.59 bits per heavy atom. The third-order valence-electron chi connectivity index (χ3n) is 3.41. The van der Waals surface area contributed by atoms with Gasteiger partial charge >= 0.3 is 0 Å². The quantitative estimate of drug-likeness (QED) is 0.838. The monoisotopic (exact) mass is 319 g/mol. The van der Waals surface area contributed by atoms with Gasteiger partial charge in [-0.3, -0.25) is 4.79 Å². The molecule has 1 aromatic heterocycles. The van der Waals surface area contributed by atoms with Gasteiger partial charge in [0.15, 0.2) is 11.5 Å². The Hall–Kier alpha value is -2.01. The first-order valence-electron chi connectivity index (χ1n) is 7.19. The molecule has 0 saturated heterocycles. The molecule has 0 aliphatic carbocycles. The minimum Gasteiger partial charge on any atom is -0.493 e. The molecule has 1 amide bonds. The van der Waals surface area contributed by atoms with E-state index in [4.69, 9.17) is 9.47 Å². The summed E-state index contributed by atoms with van der Waals surface area (Å²) in [7, 11) is 3.18. The predicted octanol–water partition coefficient (Wildman–Crippen LogP) is 4.04. The number of aryl methyl sites for hydroxylation is 2. The highest BCUT2D eigenvalue weighted by atomic mass is 32.1. The van der Waals surface area contributed by atoms with Crippen LogP contribution < -0.4 is 14.8 Å². The maximum Gasteiger partial charge on any atom is 0.224 e. The SMILES string of the molecule is COc1cc(C)c(NC(=O)CCCc2cccs2)cc1OC. The average Bonchev–Trinajstić information content (AvgIpc) is 3.02. The van der Waals surface area contributed by atoms with E-state index in [9.17, 15) is 4.79 Å². The molecule has 22 heavy (non-hydrogen) atoms. The van der Waals surface area contributed by atoms with Crippen molar-refractivity contribution in [2.24, 2.45) is 0 Å². The van der Waals surface area contributed by atoms with Crippen LogP contribution in [0.5, 0.6) is 11.5 Å². The van der Waals surface area contributed by atoms with E-state index in [1.165, 1.54) is 4.88 Å². The molecule has 2 aromatic rings. The largest absolute Gasteiger partial charge is 0.493 e. The second kappa shape index (κ2) is 7.84. The summed E-state index contributed by atoms with van der Waals surface area (Å²) in [5.74, 6) is 1.30. The van der Waals surface area contributed by atoms with Gasteiger partial charge in [0, 0.05) is 23.1 Å². The molecule has 1 heterocycles. The summed E-state index contributed by atoms with van der Waals surface area (Å²) in [6.07, 6.45) is 2.29. The Bertz CT molecular complexity index is 623. The molecular weight excluding hydrogens is 298 g/mol. The van der Waals surface area contributed by atoms with Crippen LogP contribution in [0.2, 0.25) is 0 Å². The molecule has 0 atom stereocenters. The number of hydrogen-bond donors (Lipinski definition) is 1. The first kappa shape index (κ1) is 16.4. The molecule has 0 saturated carbocycles. The molecule has 2 rings (SSSR count). The summed E-state index contributed by atoms with van der Waals surface area (Å²) in [6, 6.07) is 7.79. The maximum atomic E-state index is 12.1. The highest BCUT2D eigenvalue weighted by molar-refractivity contribution is 7.09. The number of methoxy groups -OCH3 is 2. The molecule has 118 valence electrons. The lowest BCUT2D eigenvalue weighted by molar-refractivity contribution is -0.116. The van der Waals surface area contributed by atoms with E-state index in [0.29, 0.717) is 17.9 Å². The lowest BCUT2D eigenvalue weighted by atomic mass is 10.1. The number of benzene rings is 1. The van der Waals surface area contributed by atoms with E-state index in [1.807, 2.05) is 19.1 Å². The first-order chi connectivity index (χ1) is 10.6. The van der Waals surface area contributed by atoms with Gasteiger partial charge in [0.1, 0.15) is 0 Å². The van der Waals surface area contributed by atoms with Crippen LogP contribution in [-0.4, -0.2) is 20.1 Å². The molecule has 0 unspecified atom stereocenters. The molecule has 1 aromatic carbocycles. The lowest BCUT2D eigenvalue weighted by Gasteiger charge is -2.13. The molecule has 4 nitrogen and oxygen atoms in total. The van der Waals surface area contributed by atoms with Gasteiger partial charge in [0.2, 0.25) is 5.91 Å². The van der Waals surface area contributed by atoms with Crippen molar-refractivity contribution in [3.8, 4) is 11.5 Å². The summed E-state index contributed by atoms with van der Waals surface area (Å²) < 4.78 is 10.5. The minimum atomic E-state index is 0.0203. The molecule has 0 aliphatic rings. The number of carbonyl (C=O) groups excluding carboxylic acids is 1. The number of rotatable bonds is 7. The van der Waals surface area contributed by atoms with Crippen LogP contribution in [0, 0.1) is 6.92 Å². The summed E-state index contributed by atoms with van der Waals surface area (Å²) >= 11 is 1.73. The first-order valence-corrected chi connectivity index (χ1v) is 8.07. The number of anilines is 1. The van der Waals surface area contributed by atoms with E-state index in [1.54, 1.807) is 31.6 Å². The standard InChI is InChI=1S/C17H21NO3S/c1-12-10-15(20-2)16(21-3)11-14(12)18-17(19)8-4-6-13-7-5-9-22-13/h5,7,9-11H,4,6,8H2,1-3H3,(H,18,19). The fraction of sp³-hybridized carbons (Fsp3) is 0.353. The molecule has 0 bridgehead atoms. The Morgan fingerprint density at radius 2 is 1.95 bits per heavy atom. The summed E-state index contributed by atoms with van der Waals surface area (Å²) in [5, 5.41) is 5.00. The predicted molar refractivity (Wildman–Crippen MR) is 90.2 cm³/mol. The number of nitrogens with one attached hydrogen (secondary N) is 1. The zero-order valence-electron chi connectivity index (χ0n) is 13.1. The zero-order chi connectivity index (χ0) is 15.9. The van der Waals surface area contributed by atoms with Crippen molar-refractivity contribution < 1.29 is 14.3 Å². The van der Waals surface area contributed by atoms with E-state index >= 15 is 0 Å². The summed E-state index contributed by atoms with van der Waals surface area (Å²) in [5.41, 5.74) is 1.71. The lowest BCUT2D eigenvalue weighted by Crippen LogP contribution is -2.12. The van der Waals surface area contributed by atoms with E-state index in [2.05, 4.69) is 16.8 Å². The maximum absolute atomic E-state index is 12.1. The summed E-state index contributed by atoms with van der Waals surface area (Å²) in [4.78, 5) is 13.4. The fourth-order valence-electron chi connectivity index (χ4n) is 2.21. The number of thiophene rings is 1. The molecule has 1 N–H and O–H groups in total. The Kier molecular flexibility index (Phi) is 5.83. The average molecular weight is 319 g/mol. The van der Waals surface area contributed by atoms with Crippen LogP contribution in [0.3, 0.4) is 0 Å². The van der Waals surface area contributed by atoms with Crippen molar-refractivity contribution in [1.29, 1.82) is 0 Å². The van der Waals surface area contributed by atoms with Crippen molar-refractivity contribution in [2.75, 3.05) is 19.5 Å². The van der Waals surface area contributed by atoms with E-state index in [0.717, 1.165) is 24.1 Å². The molecule has 0 fully saturated rings. The highest BCUT2D eigenvalue weighted by Crippen LogP contribution is 2.32. The van der Waals surface area contributed by atoms with Crippen LogP contribution in [0.15, 0.2) is 29.6 Å². The van der Waals surface area contributed by atoms with E-state index < -0.39 is 0 Å². The second-order valence-electron chi connectivity index (χ2n) is 5.00. The molecule has 0 aliphatic heterocycles. The molecule has 0 radical (unpaired) electrons. The summed E-state index contributed by atoms with van der Waals surface area (Å²) in [6.45, 7) is 1.93. The number of amides is 1. The van der Waals surface area contributed by atoms with Gasteiger partial charge in [-0.15, -0.1) is 11.3 Å². The number of ether oxygens (including phenoxy) is 2. The zero-order valence-corrected chi connectivity index (χ0v) is 14.0. The highest BCUT2D eigenvalue weighted by Gasteiger charge is 2.11. The van der Waals surface area contributed by atoms with Crippen LogP contribution in [0.4, 0.5) is 5.69 Å². The van der Waals surface area contributed by atoms with Crippen LogP contribution in [-0.2, 0) is 11.2 Å². The van der Waals surface area contributed by atoms with Crippen molar-refractivity contribution in [2.45, 2.75) is 26.2 Å². The molecular formula is C17H21NO3S. The van der Waals surface area contributed by atoms with Gasteiger partial charge in [-0.05, 0) is 42.8 Å². The fourth-order valence-corrected chi connectivity index (χ4v) is 2.96.